The van der Waals surface area contributed by atoms with Gasteiger partial charge in [-0.1, -0.05) is 12.1 Å². The Morgan fingerprint density at radius 1 is 1.30 bits per heavy atom. The molecule has 3 aromatic rings. The summed E-state index contributed by atoms with van der Waals surface area (Å²) in [5, 5.41) is 12.6. The van der Waals surface area contributed by atoms with Crippen molar-refractivity contribution in [3.05, 3.63) is 70.0 Å². The molecule has 140 valence electrons. The van der Waals surface area contributed by atoms with Crippen LogP contribution >= 0.6 is 0 Å². The number of hydrogen-bond donors (Lipinski definition) is 3. The van der Waals surface area contributed by atoms with Crippen LogP contribution in [-0.2, 0) is 0 Å². The predicted molar refractivity (Wildman–Crippen MR) is 98.3 cm³/mol. The lowest BCUT2D eigenvalue weighted by Gasteiger charge is -2.32. The topological polar surface area (TPSA) is 91.3 Å². The SMILES string of the molecule is O=C(NC[C@H]1CNCC[C@H]1c1ccc(F)cc1)c1cccn2c(=O)[nH]nc12. The number of carbonyl (C=O) groups excluding carboxylic acids is 1. The van der Waals surface area contributed by atoms with Crippen molar-refractivity contribution in [1.82, 2.24) is 25.2 Å². The normalized spacial score (nSPS) is 19.9. The third-order valence-electron chi connectivity index (χ3n) is 5.12. The van der Waals surface area contributed by atoms with Crippen molar-refractivity contribution in [2.45, 2.75) is 12.3 Å². The Labute approximate surface area is 154 Å². The smallest absolute Gasteiger partial charge is 0.347 e. The number of fused-ring (bicyclic) bond motifs is 1. The molecule has 1 aromatic carbocycles. The number of carbonyl (C=O) groups is 1. The van der Waals surface area contributed by atoms with Gasteiger partial charge in [0.25, 0.3) is 5.91 Å². The van der Waals surface area contributed by atoms with E-state index >= 15 is 0 Å². The van der Waals surface area contributed by atoms with E-state index < -0.39 is 0 Å². The molecule has 1 aliphatic rings. The van der Waals surface area contributed by atoms with E-state index in [9.17, 15) is 14.0 Å². The molecular formula is C19H20FN5O2. The Morgan fingerprint density at radius 3 is 2.93 bits per heavy atom. The van der Waals surface area contributed by atoms with Gasteiger partial charge in [0.05, 0.1) is 5.56 Å². The van der Waals surface area contributed by atoms with Crippen LogP contribution in [-0.4, -0.2) is 40.1 Å². The number of amides is 1. The van der Waals surface area contributed by atoms with Gasteiger partial charge >= 0.3 is 5.69 Å². The molecule has 1 fully saturated rings. The standard InChI is InChI=1S/C19H20FN5O2/c20-14-5-3-12(4-6-14)15-7-8-21-10-13(15)11-22-18(26)16-2-1-9-25-17(16)23-24-19(25)27/h1-6,9,13,15,21H,7-8,10-11H2,(H,22,26)(H,24,27)/t13-,15+/m1/s1. The average Bonchev–Trinajstić information content (AvgIpc) is 3.08. The lowest BCUT2D eigenvalue weighted by molar-refractivity contribution is 0.0943. The predicted octanol–water partition coefficient (Wildman–Crippen LogP) is 1.28. The minimum atomic E-state index is -0.382. The molecule has 0 saturated carbocycles. The van der Waals surface area contributed by atoms with Crippen LogP contribution in [0.15, 0.2) is 47.4 Å². The largest absolute Gasteiger partial charge is 0.352 e. The van der Waals surface area contributed by atoms with Crippen LogP contribution in [0.4, 0.5) is 4.39 Å². The molecule has 1 amide bonds. The molecule has 27 heavy (non-hydrogen) atoms. The average molecular weight is 369 g/mol. The Balaban J connectivity index is 1.49. The van der Waals surface area contributed by atoms with E-state index in [4.69, 9.17) is 0 Å². The Morgan fingerprint density at radius 2 is 2.11 bits per heavy atom. The van der Waals surface area contributed by atoms with E-state index in [1.165, 1.54) is 16.5 Å². The molecule has 0 aliphatic carbocycles. The number of H-pyrrole nitrogens is 1. The number of nitrogens with one attached hydrogen (secondary N) is 3. The number of piperidine rings is 1. The number of halogens is 1. The molecule has 7 nitrogen and oxygen atoms in total. The number of aromatic amines is 1. The van der Waals surface area contributed by atoms with Gasteiger partial charge in [0.2, 0.25) is 0 Å². The molecule has 4 rings (SSSR count). The first-order valence-electron chi connectivity index (χ1n) is 8.93. The van der Waals surface area contributed by atoms with Crippen molar-refractivity contribution in [2.24, 2.45) is 5.92 Å². The monoisotopic (exact) mass is 369 g/mol. The van der Waals surface area contributed by atoms with Crippen LogP contribution in [0.1, 0.15) is 28.3 Å². The number of pyridine rings is 1. The summed E-state index contributed by atoms with van der Waals surface area (Å²) >= 11 is 0. The third-order valence-corrected chi connectivity index (χ3v) is 5.12. The van der Waals surface area contributed by atoms with Gasteiger partial charge in [-0.2, -0.15) is 5.10 Å². The zero-order valence-corrected chi connectivity index (χ0v) is 14.6. The summed E-state index contributed by atoms with van der Waals surface area (Å²) in [5.41, 5.74) is 1.35. The fourth-order valence-corrected chi connectivity index (χ4v) is 3.72. The van der Waals surface area contributed by atoms with E-state index in [2.05, 4.69) is 20.8 Å². The molecule has 3 heterocycles. The Hall–Kier alpha value is -3.00. The molecule has 8 heteroatoms. The lowest BCUT2D eigenvalue weighted by atomic mass is 9.81. The number of aromatic nitrogens is 3. The van der Waals surface area contributed by atoms with Crippen LogP contribution in [0.2, 0.25) is 0 Å². The van der Waals surface area contributed by atoms with Crippen molar-refractivity contribution in [2.75, 3.05) is 19.6 Å². The van der Waals surface area contributed by atoms with Crippen LogP contribution < -0.4 is 16.3 Å². The minimum Gasteiger partial charge on any atom is -0.352 e. The zero-order chi connectivity index (χ0) is 18.8. The quantitative estimate of drug-likeness (QED) is 0.646. The number of hydrogen-bond acceptors (Lipinski definition) is 4. The van der Waals surface area contributed by atoms with Crippen molar-refractivity contribution in [1.29, 1.82) is 0 Å². The molecule has 1 saturated heterocycles. The molecule has 1 aliphatic heterocycles. The number of rotatable bonds is 4. The van der Waals surface area contributed by atoms with Gasteiger partial charge in [-0.25, -0.2) is 18.7 Å². The maximum atomic E-state index is 13.2. The first-order chi connectivity index (χ1) is 13.1. The van der Waals surface area contributed by atoms with E-state index in [1.54, 1.807) is 18.3 Å². The summed E-state index contributed by atoms with van der Waals surface area (Å²) in [6.07, 6.45) is 2.49. The molecule has 0 unspecified atom stereocenters. The van der Waals surface area contributed by atoms with Crippen molar-refractivity contribution < 1.29 is 9.18 Å². The lowest BCUT2D eigenvalue weighted by Crippen LogP contribution is -2.42. The Kier molecular flexibility index (Phi) is 4.72. The summed E-state index contributed by atoms with van der Waals surface area (Å²) < 4.78 is 14.5. The van der Waals surface area contributed by atoms with E-state index in [1.807, 2.05) is 12.1 Å². The van der Waals surface area contributed by atoms with Gasteiger partial charge < -0.3 is 10.6 Å². The first-order valence-corrected chi connectivity index (χ1v) is 8.93. The summed E-state index contributed by atoms with van der Waals surface area (Å²) in [6.45, 7) is 2.14. The van der Waals surface area contributed by atoms with Gasteiger partial charge in [0.1, 0.15) is 5.82 Å². The highest BCUT2D eigenvalue weighted by atomic mass is 19.1. The maximum Gasteiger partial charge on any atom is 0.347 e. The highest BCUT2D eigenvalue weighted by molar-refractivity contribution is 5.99. The second kappa shape index (κ2) is 7.32. The second-order valence-corrected chi connectivity index (χ2v) is 6.77. The summed E-state index contributed by atoms with van der Waals surface area (Å²) in [6, 6.07) is 9.86. The van der Waals surface area contributed by atoms with E-state index in [-0.39, 0.29) is 29.2 Å². The van der Waals surface area contributed by atoms with Crippen molar-refractivity contribution in [3.63, 3.8) is 0 Å². The van der Waals surface area contributed by atoms with Crippen LogP contribution in [0.3, 0.4) is 0 Å². The zero-order valence-electron chi connectivity index (χ0n) is 14.6. The molecular weight excluding hydrogens is 349 g/mol. The highest BCUT2D eigenvalue weighted by Crippen LogP contribution is 2.30. The molecule has 2 aromatic heterocycles. The molecule has 0 spiro atoms. The fraction of sp³-hybridized carbons (Fsp3) is 0.316. The van der Waals surface area contributed by atoms with Gasteiger partial charge in [-0.05, 0) is 54.6 Å². The van der Waals surface area contributed by atoms with Crippen molar-refractivity contribution >= 4 is 11.6 Å². The fourth-order valence-electron chi connectivity index (χ4n) is 3.72. The summed E-state index contributed by atoms with van der Waals surface area (Å²) in [7, 11) is 0. The van der Waals surface area contributed by atoms with Crippen LogP contribution in [0.25, 0.3) is 5.65 Å². The third kappa shape index (κ3) is 3.48. The number of nitrogens with zero attached hydrogens (tertiary/aromatic N) is 2. The van der Waals surface area contributed by atoms with Gasteiger partial charge in [0, 0.05) is 19.3 Å². The first kappa shape index (κ1) is 17.4. The maximum absolute atomic E-state index is 13.2. The molecule has 2 atom stereocenters. The summed E-state index contributed by atoms with van der Waals surface area (Å²) in [5.74, 6) is -0.0897. The molecule has 0 radical (unpaired) electrons. The molecule has 0 bridgehead atoms. The summed E-state index contributed by atoms with van der Waals surface area (Å²) in [4.78, 5) is 24.3. The van der Waals surface area contributed by atoms with Gasteiger partial charge in [-0.3, -0.25) is 4.79 Å². The van der Waals surface area contributed by atoms with E-state index in [0.29, 0.717) is 17.8 Å². The Bertz CT molecular complexity index is 1010. The molecule has 3 N–H and O–H groups in total. The highest BCUT2D eigenvalue weighted by Gasteiger charge is 2.27. The van der Waals surface area contributed by atoms with Crippen LogP contribution in [0, 0.1) is 11.7 Å². The minimum absolute atomic E-state index is 0.189. The van der Waals surface area contributed by atoms with E-state index in [0.717, 1.165) is 25.1 Å². The van der Waals surface area contributed by atoms with Crippen molar-refractivity contribution in [3.8, 4) is 0 Å². The second-order valence-electron chi connectivity index (χ2n) is 6.77. The van der Waals surface area contributed by atoms with Gasteiger partial charge in [0.15, 0.2) is 5.65 Å². The number of benzene rings is 1. The van der Waals surface area contributed by atoms with Gasteiger partial charge in [-0.15, -0.1) is 0 Å². The van der Waals surface area contributed by atoms with Crippen LogP contribution in [0.5, 0.6) is 0 Å².